The quantitative estimate of drug-likeness (QED) is 0.671. The molecule has 0 saturated carbocycles. The van der Waals surface area contributed by atoms with E-state index in [1.165, 1.54) is 17.7 Å². The molecule has 0 aromatic heterocycles. The summed E-state index contributed by atoms with van der Waals surface area (Å²) in [7, 11) is 0. The molecule has 0 radical (unpaired) electrons. The number of anilines is 1. The van der Waals surface area contributed by atoms with Gasteiger partial charge < -0.3 is 4.90 Å². The van der Waals surface area contributed by atoms with Gasteiger partial charge in [0.25, 0.3) is 0 Å². The Kier molecular flexibility index (Phi) is 3.14. The van der Waals surface area contributed by atoms with Crippen LogP contribution >= 0.6 is 0 Å². The minimum absolute atomic E-state index is 0.494. The summed E-state index contributed by atoms with van der Waals surface area (Å²) in [5, 5.41) is 8.90. The van der Waals surface area contributed by atoms with Crippen LogP contribution in [0.1, 0.15) is 31.7 Å². The summed E-state index contributed by atoms with van der Waals surface area (Å²) in [5.41, 5.74) is 2.64. The van der Waals surface area contributed by atoms with Crippen LogP contribution in [0.2, 0.25) is 0 Å². The number of nitrogens with zero attached hydrogens (tertiary/aromatic N) is 2. The summed E-state index contributed by atoms with van der Waals surface area (Å²) in [4.78, 5) is 2.21. The normalized spacial score (nSPS) is 24.4. The van der Waals surface area contributed by atoms with Gasteiger partial charge >= 0.3 is 0 Å². The van der Waals surface area contributed by atoms with E-state index in [9.17, 15) is 0 Å². The third-order valence-electron chi connectivity index (χ3n) is 3.36. The van der Waals surface area contributed by atoms with Crippen LogP contribution in [0.25, 0.3) is 0 Å². The Bertz CT molecular complexity index is 405. The van der Waals surface area contributed by atoms with Gasteiger partial charge in [-0.3, -0.25) is 0 Å². The molecule has 0 fully saturated rings. The van der Waals surface area contributed by atoms with Crippen molar-refractivity contribution in [3.8, 4) is 6.07 Å². The highest BCUT2D eigenvalue weighted by Crippen LogP contribution is 2.35. The van der Waals surface area contributed by atoms with Crippen molar-refractivity contribution in [1.29, 1.82) is 5.26 Å². The van der Waals surface area contributed by atoms with E-state index in [2.05, 4.69) is 49.1 Å². The first kappa shape index (κ1) is 11.0. The van der Waals surface area contributed by atoms with Crippen LogP contribution in [0.15, 0.2) is 24.3 Å². The van der Waals surface area contributed by atoms with Crippen LogP contribution in [0.4, 0.5) is 5.69 Å². The molecule has 2 atom stereocenters. The van der Waals surface area contributed by atoms with E-state index in [1.807, 2.05) is 0 Å². The molecule has 0 unspecified atom stereocenters. The van der Waals surface area contributed by atoms with Crippen molar-refractivity contribution in [3.63, 3.8) is 0 Å². The van der Waals surface area contributed by atoms with Gasteiger partial charge in [0.1, 0.15) is 6.54 Å². The van der Waals surface area contributed by atoms with Crippen molar-refractivity contribution in [2.24, 2.45) is 5.92 Å². The van der Waals surface area contributed by atoms with Crippen LogP contribution in [-0.4, -0.2) is 13.1 Å². The Morgan fingerprint density at radius 1 is 1.38 bits per heavy atom. The highest BCUT2D eigenvalue weighted by molar-refractivity contribution is 5.56. The van der Waals surface area contributed by atoms with E-state index < -0.39 is 0 Å². The Labute approximate surface area is 97.5 Å². The first-order valence-corrected chi connectivity index (χ1v) is 5.93. The maximum atomic E-state index is 8.90. The Balaban J connectivity index is 2.41. The fourth-order valence-electron chi connectivity index (χ4n) is 2.71. The lowest BCUT2D eigenvalue weighted by atomic mass is 9.92. The van der Waals surface area contributed by atoms with Crippen LogP contribution in [0.5, 0.6) is 0 Å². The highest BCUT2D eigenvalue weighted by atomic mass is 15.1. The summed E-state index contributed by atoms with van der Waals surface area (Å²) in [5.74, 6) is 1.24. The predicted molar refractivity (Wildman–Crippen MR) is 66.5 cm³/mol. The average Bonchev–Trinajstić information content (AvgIpc) is 2.38. The van der Waals surface area contributed by atoms with E-state index >= 15 is 0 Å². The molecule has 2 heteroatoms. The summed E-state index contributed by atoms with van der Waals surface area (Å²) in [6.45, 7) is 6.04. The SMILES string of the molecule is C[C@@H]1C[C@H](C)c2ccccc2N(CC#N)C1. The van der Waals surface area contributed by atoms with Crippen LogP contribution in [0.3, 0.4) is 0 Å². The van der Waals surface area contributed by atoms with Gasteiger partial charge in [0.15, 0.2) is 0 Å². The summed E-state index contributed by atoms with van der Waals surface area (Å²) in [6.07, 6.45) is 1.21. The maximum Gasteiger partial charge on any atom is 0.105 e. The first-order chi connectivity index (χ1) is 7.72. The summed E-state index contributed by atoms with van der Waals surface area (Å²) < 4.78 is 0. The second-order valence-electron chi connectivity index (χ2n) is 4.84. The molecule has 0 amide bonds. The maximum absolute atomic E-state index is 8.90. The monoisotopic (exact) mass is 214 g/mol. The molecule has 2 rings (SSSR count). The van der Waals surface area contributed by atoms with Gasteiger partial charge in [-0.05, 0) is 29.9 Å². The fourth-order valence-corrected chi connectivity index (χ4v) is 2.71. The molecule has 1 aliphatic heterocycles. The van der Waals surface area contributed by atoms with Crippen molar-refractivity contribution >= 4 is 5.69 Å². The topological polar surface area (TPSA) is 27.0 Å². The van der Waals surface area contributed by atoms with Crippen LogP contribution in [-0.2, 0) is 0 Å². The standard InChI is InChI=1S/C14H18N2/c1-11-9-12(2)13-5-3-4-6-14(13)16(10-11)8-7-15/h3-6,11-12H,8-10H2,1-2H3/t11-,12+/m1/s1. The second kappa shape index (κ2) is 4.57. The van der Waals surface area contributed by atoms with Crippen molar-refractivity contribution in [2.45, 2.75) is 26.2 Å². The number of hydrogen-bond acceptors (Lipinski definition) is 2. The number of nitriles is 1. The summed E-state index contributed by atoms with van der Waals surface area (Å²) in [6, 6.07) is 10.8. The first-order valence-electron chi connectivity index (χ1n) is 5.93. The van der Waals surface area contributed by atoms with Crippen molar-refractivity contribution in [1.82, 2.24) is 0 Å². The molecule has 84 valence electrons. The minimum Gasteiger partial charge on any atom is -0.358 e. The number of para-hydroxylation sites is 1. The lowest BCUT2D eigenvalue weighted by Gasteiger charge is -2.23. The van der Waals surface area contributed by atoms with Crippen molar-refractivity contribution < 1.29 is 0 Å². The molecule has 1 aromatic carbocycles. The molecule has 0 aliphatic carbocycles. The molecule has 1 aromatic rings. The molecule has 0 bridgehead atoms. The highest BCUT2D eigenvalue weighted by Gasteiger charge is 2.23. The zero-order valence-corrected chi connectivity index (χ0v) is 9.98. The molecule has 16 heavy (non-hydrogen) atoms. The fraction of sp³-hybridized carbons (Fsp3) is 0.500. The average molecular weight is 214 g/mol. The largest absolute Gasteiger partial charge is 0.358 e. The Morgan fingerprint density at radius 3 is 2.88 bits per heavy atom. The molecule has 2 nitrogen and oxygen atoms in total. The molecule has 0 N–H and O–H groups in total. The lowest BCUT2D eigenvalue weighted by molar-refractivity contribution is 0.499. The van der Waals surface area contributed by atoms with Crippen molar-refractivity contribution in [3.05, 3.63) is 29.8 Å². The van der Waals surface area contributed by atoms with E-state index in [4.69, 9.17) is 5.26 Å². The van der Waals surface area contributed by atoms with E-state index in [1.54, 1.807) is 0 Å². The molecule has 1 heterocycles. The van der Waals surface area contributed by atoms with Crippen molar-refractivity contribution in [2.75, 3.05) is 18.0 Å². The lowest BCUT2D eigenvalue weighted by Crippen LogP contribution is -2.27. The van der Waals surface area contributed by atoms with Crippen LogP contribution in [0, 0.1) is 17.2 Å². The van der Waals surface area contributed by atoms with Gasteiger partial charge in [0, 0.05) is 12.2 Å². The zero-order chi connectivity index (χ0) is 11.5. The van der Waals surface area contributed by atoms with Crippen LogP contribution < -0.4 is 4.90 Å². The number of hydrogen-bond donors (Lipinski definition) is 0. The number of fused-ring (bicyclic) bond motifs is 1. The number of rotatable bonds is 1. The van der Waals surface area contributed by atoms with Gasteiger partial charge in [-0.25, -0.2) is 0 Å². The second-order valence-corrected chi connectivity index (χ2v) is 4.84. The Hall–Kier alpha value is -1.49. The molecular formula is C14H18N2. The van der Waals surface area contributed by atoms with E-state index in [-0.39, 0.29) is 0 Å². The van der Waals surface area contributed by atoms with Gasteiger partial charge in [0.05, 0.1) is 6.07 Å². The minimum atomic E-state index is 0.494. The van der Waals surface area contributed by atoms with Gasteiger partial charge in [-0.15, -0.1) is 0 Å². The van der Waals surface area contributed by atoms with Gasteiger partial charge in [-0.2, -0.15) is 5.26 Å². The summed E-state index contributed by atoms with van der Waals surface area (Å²) >= 11 is 0. The van der Waals surface area contributed by atoms with E-state index in [0.29, 0.717) is 18.4 Å². The number of benzene rings is 1. The third kappa shape index (κ3) is 2.04. The Morgan fingerprint density at radius 2 is 2.12 bits per heavy atom. The molecule has 1 aliphatic rings. The smallest absolute Gasteiger partial charge is 0.105 e. The van der Waals surface area contributed by atoms with Gasteiger partial charge in [0.2, 0.25) is 0 Å². The van der Waals surface area contributed by atoms with E-state index in [0.717, 1.165) is 6.54 Å². The molecule has 0 spiro atoms. The van der Waals surface area contributed by atoms with Gasteiger partial charge in [-0.1, -0.05) is 32.0 Å². The predicted octanol–water partition coefficient (Wildman–Crippen LogP) is 3.16. The third-order valence-corrected chi connectivity index (χ3v) is 3.36. The molecular weight excluding hydrogens is 196 g/mol. The zero-order valence-electron chi connectivity index (χ0n) is 9.98. The molecule has 0 saturated heterocycles.